The summed E-state index contributed by atoms with van der Waals surface area (Å²) >= 11 is 3.37. The Kier molecular flexibility index (Phi) is 4.94. The third kappa shape index (κ3) is 3.81. The van der Waals surface area contributed by atoms with E-state index >= 15 is 0 Å². The molecular formula is C18H14BrN7O2. The minimum absolute atomic E-state index is 0.141. The van der Waals surface area contributed by atoms with Crippen molar-refractivity contribution >= 4 is 44.5 Å². The van der Waals surface area contributed by atoms with Crippen molar-refractivity contribution in [1.29, 1.82) is 0 Å². The monoisotopic (exact) mass is 439 g/mol. The van der Waals surface area contributed by atoms with E-state index < -0.39 is 0 Å². The van der Waals surface area contributed by atoms with Crippen LogP contribution in [0.15, 0.2) is 61.8 Å². The zero-order valence-corrected chi connectivity index (χ0v) is 16.3. The largest absolute Gasteiger partial charge is 0.508 e. The van der Waals surface area contributed by atoms with Crippen LogP contribution in [0.1, 0.15) is 11.1 Å². The van der Waals surface area contributed by atoms with Crippen LogP contribution in [0.4, 0.5) is 17.3 Å². The minimum atomic E-state index is 0.141. The van der Waals surface area contributed by atoms with Crippen LogP contribution in [0, 0.1) is 6.92 Å². The first-order valence-electron chi connectivity index (χ1n) is 8.28. The molecule has 2 aromatic carbocycles. The van der Waals surface area contributed by atoms with E-state index in [1.165, 1.54) is 0 Å². The smallest absolute Gasteiger partial charge is 0.245 e. The number of nitrogens with zero attached hydrogens (tertiary/aromatic N) is 6. The number of aryl methyl sites for hydroxylation is 1. The average molecular weight is 440 g/mol. The second-order valence-corrected chi connectivity index (χ2v) is 6.84. The number of phenolic OH excluding ortho intramolecular Hbond substituents is 1. The van der Waals surface area contributed by atoms with Crippen LogP contribution in [0.25, 0.3) is 11.3 Å². The molecule has 0 unspecified atom stereocenters. The lowest BCUT2D eigenvalue weighted by Crippen LogP contribution is -1.98. The Hall–Kier alpha value is -3.40. The van der Waals surface area contributed by atoms with Crippen molar-refractivity contribution in [3.63, 3.8) is 0 Å². The molecule has 0 atom stereocenters. The van der Waals surface area contributed by atoms with E-state index in [4.69, 9.17) is 0 Å². The maximum Gasteiger partial charge on any atom is 0.245 e. The van der Waals surface area contributed by atoms with E-state index in [0.717, 1.165) is 15.7 Å². The van der Waals surface area contributed by atoms with Crippen molar-refractivity contribution < 1.29 is 9.74 Å². The SMILES string of the molecule is Cc1ccccc1Nc1nc2nonc2nc1N=NCc1cc(Br)ccc1O. The number of aromatic nitrogens is 4. The molecule has 10 heteroatoms. The fourth-order valence-corrected chi connectivity index (χ4v) is 2.89. The van der Waals surface area contributed by atoms with Gasteiger partial charge >= 0.3 is 0 Å². The lowest BCUT2D eigenvalue weighted by atomic mass is 10.2. The topological polar surface area (TPSA) is 122 Å². The molecule has 2 N–H and O–H groups in total. The summed E-state index contributed by atoms with van der Waals surface area (Å²) in [6.45, 7) is 2.15. The van der Waals surface area contributed by atoms with E-state index in [0.29, 0.717) is 11.4 Å². The van der Waals surface area contributed by atoms with Crippen molar-refractivity contribution in [2.24, 2.45) is 10.2 Å². The number of aromatic hydroxyl groups is 1. The number of anilines is 2. The van der Waals surface area contributed by atoms with Crippen molar-refractivity contribution in [3.8, 4) is 5.75 Å². The molecule has 140 valence electrons. The number of halogens is 1. The summed E-state index contributed by atoms with van der Waals surface area (Å²) in [7, 11) is 0. The Morgan fingerprint density at radius 2 is 1.89 bits per heavy atom. The van der Waals surface area contributed by atoms with Gasteiger partial charge in [0.2, 0.25) is 17.1 Å². The van der Waals surface area contributed by atoms with Crippen LogP contribution in [0.5, 0.6) is 5.75 Å². The molecule has 0 saturated heterocycles. The number of hydrogen-bond acceptors (Lipinski definition) is 9. The average Bonchev–Trinajstić information content (AvgIpc) is 3.13. The van der Waals surface area contributed by atoms with Gasteiger partial charge in [0.1, 0.15) is 5.75 Å². The van der Waals surface area contributed by atoms with Gasteiger partial charge in [-0.3, -0.25) is 0 Å². The highest BCUT2D eigenvalue weighted by Gasteiger charge is 2.13. The molecule has 28 heavy (non-hydrogen) atoms. The summed E-state index contributed by atoms with van der Waals surface area (Å²) in [5.41, 5.74) is 3.01. The van der Waals surface area contributed by atoms with Gasteiger partial charge in [-0.1, -0.05) is 34.1 Å². The van der Waals surface area contributed by atoms with Crippen molar-refractivity contribution in [3.05, 3.63) is 58.1 Å². The van der Waals surface area contributed by atoms with Crippen LogP contribution in [-0.4, -0.2) is 25.4 Å². The van der Waals surface area contributed by atoms with Gasteiger partial charge in [-0.25, -0.2) is 9.61 Å². The highest BCUT2D eigenvalue weighted by atomic mass is 79.9. The van der Waals surface area contributed by atoms with E-state index in [9.17, 15) is 5.11 Å². The molecule has 9 nitrogen and oxygen atoms in total. The first-order chi connectivity index (χ1) is 13.6. The normalized spacial score (nSPS) is 11.4. The van der Waals surface area contributed by atoms with Gasteiger partial charge in [0.25, 0.3) is 0 Å². The van der Waals surface area contributed by atoms with Gasteiger partial charge in [0, 0.05) is 15.7 Å². The van der Waals surface area contributed by atoms with Gasteiger partial charge in [0.05, 0.1) is 6.54 Å². The number of nitrogens with one attached hydrogen (secondary N) is 1. The third-order valence-electron chi connectivity index (χ3n) is 3.94. The Balaban J connectivity index is 1.67. The molecule has 0 fully saturated rings. The van der Waals surface area contributed by atoms with Gasteiger partial charge < -0.3 is 10.4 Å². The second-order valence-electron chi connectivity index (χ2n) is 5.92. The van der Waals surface area contributed by atoms with E-state index in [-0.39, 0.29) is 29.4 Å². The molecular weight excluding hydrogens is 426 g/mol. The molecule has 0 saturated carbocycles. The maximum atomic E-state index is 9.93. The minimum Gasteiger partial charge on any atom is -0.508 e. The molecule has 0 aliphatic carbocycles. The fraction of sp³-hybridized carbons (Fsp3) is 0.111. The second kappa shape index (κ2) is 7.69. The molecule has 4 aromatic rings. The van der Waals surface area contributed by atoms with Crippen molar-refractivity contribution in [2.45, 2.75) is 13.5 Å². The lowest BCUT2D eigenvalue weighted by Gasteiger charge is -2.09. The van der Waals surface area contributed by atoms with Gasteiger partial charge in [0.15, 0.2) is 5.82 Å². The van der Waals surface area contributed by atoms with E-state index in [2.05, 4.69) is 56.4 Å². The van der Waals surface area contributed by atoms with Gasteiger partial charge in [-0.15, -0.1) is 5.11 Å². The Morgan fingerprint density at radius 1 is 1.11 bits per heavy atom. The molecule has 4 rings (SSSR count). The van der Waals surface area contributed by atoms with Crippen LogP contribution in [0.3, 0.4) is 0 Å². The fourth-order valence-electron chi connectivity index (χ4n) is 2.48. The van der Waals surface area contributed by atoms with E-state index in [1.54, 1.807) is 18.2 Å². The number of fused-ring (bicyclic) bond motifs is 1. The highest BCUT2D eigenvalue weighted by molar-refractivity contribution is 9.10. The van der Waals surface area contributed by atoms with Crippen molar-refractivity contribution in [1.82, 2.24) is 20.3 Å². The Bertz CT molecular complexity index is 1180. The molecule has 2 heterocycles. The predicted octanol–water partition coefficient (Wildman–Crippen LogP) is 4.82. The Morgan fingerprint density at radius 3 is 2.71 bits per heavy atom. The zero-order valence-electron chi connectivity index (χ0n) is 14.7. The summed E-state index contributed by atoms with van der Waals surface area (Å²) in [5.74, 6) is 0.753. The molecule has 0 aliphatic heterocycles. The number of para-hydroxylation sites is 1. The first-order valence-corrected chi connectivity index (χ1v) is 9.07. The predicted molar refractivity (Wildman–Crippen MR) is 106 cm³/mol. The van der Waals surface area contributed by atoms with Crippen LogP contribution in [0.2, 0.25) is 0 Å². The number of azo groups is 1. The third-order valence-corrected chi connectivity index (χ3v) is 4.44. The molecule has 2 aromatic heterocycles. The summed E-state index contributed by atoms with van der Waals surface area (Å²) < 4.78 is 5.53. The standard InChI is InChI=1S/C18H14BrN7O2/c1-10-4-2-3-5-13(10)21-15-16(23-18-17(22-15)25-28-26-18)24-20-9-11-8-12(19)6-7-14(11)27/h2-8,27H,9H2,1H3,(H,21,22,25). The Labute approximate surface area is 167 Å². The molecule has 0 bridgehead atoms. The zero-order chi connectivity index (χ0) is 19.5. The van der Waals surface area contributed by atoms with Gasteiger partial charge in [-0.2, -0.15) is 10.1 Å². The molecule has 0 aliphatic rings. The van der Waals surface area contributed by atoms with Crippen molar-refractivity contribution in [2.75, 3.05) is 5.32 Å². The highest BCUT2D eigenvalue weighted by Crippen LogP contribution is 2.28. The summed E-state index contributed by atoms with van der Waals surface area (Å²) in [6, 6.07) is 12.9. The van der Waals surface area contributed by atoms with Crippen LogP contribution >= 0.6 is 15.9 Å². The first kappa shape index (κ1) is 18.0. The lowest BCUT2D eigenvalue weighted by molar-refractivity contribution is 0.314. The number of rotatable bonds is 5. The van der Waals surface area contributed by atoms with Gasteiger partial charge in [-0.05, 0) is 47.1 Å². The maximum absolute atomic E-state index is 9.93. The van der Waals surface area contributed by atoms with Crippen LogP contribution in [-0.2, 0) is 6.54 Å². The number of hydrogen-bond donors (Lipinski definition) is 2. The number of phenols is 1. The summed E-state index contributed by atoms with van der Waals surface area (Å²) in [5, 5.41) is 28.9. The molecule has 0 radical (unpaired) electrons. The molecule has 0 amide bonds. The van der Waals surface area contributed by atoms with E-state index in [1.807, 2.05) is 31.2 Å². The number of benzene rings is 2. The van der Waals surface area contributed by atoms with Crippen LogP contribution < -0.4 is 5.32 Å². The quantitative estimate of drug-likeness (QED) is 0.427. The summed E-state index contributed by atoms with van der Waals surface area (Å²) in [4.78, 5) is 8.68. The molecule has 0 spiro atoms. The summed E-state index contributed by atoms with van der Waals surface area (Å²) in [6.07, 6.45) is 0.